The number of amides is 1. The summed E-state index contributed by atoms with van der Waals surface area (Å²) in [6.07, 6.45) is 5.93. The number of anilines is 1. The normalized spacial score (nSPS) is 29.0. The Bertz CT molecular complexity index is 622. The molecular formula is C18H26N4O3. The zero-order valence-electron chi connectivity index (χ0n) is 14.7. The smallest absolute Gasteiger partial charge is 0.223 e. The third kappa shape index (κ3) is 3.71. The number of nitrogens with zero attached hydrogens (tertiary/aromatic N) is 3. The lowest BCUT2D eigenvalue weighted by Gasteiger charge is -2.44. The summed E-state index contributed by atoms with van der Waals surface area (Å²) in [4.78, 5) is 23.4. The summed E-state index contributed by atoms with van der Waals surface area (Å²) in [5.41, 5.74) is 0. The number of ether oxygens (including phenoxy) is 2. The van der Waals surface area contributed by atoms with E-state index in [1.165, 1.54) is 19.2 Å². The maximum absolute atomic E-state index is 12.7. The van der Waals surface area contributed by atoms with Gasteiger partial charge in [0.15, 0.2) is 0 Å². The fraction of sp³-hybridized carbons (Fsp3) is 0.722. The van der Waals surface area contributed by atoms with E-state index in [9.17, 15) is 4.79 Å². The fourth-order valence-corrected chi connectivity index (χ4v) is 3.96. The van der Waals surface area contributed by atoms with Crippen LogP contribution < -0.4 is 15.0 Å². The van der Waals surface area contributed by atoms with Crippen molar-refractivity contribution in [2.24, 2.45) is 17.8 Å². The molecule has 1 saturated carbocycles. The number of hydrogen-bond donors (Lipinski definition) is 1. The lowest BCUT2D eigenvalue weighted by atomic mass is 9.79. The van der Waals surface area contributed by atoms with Crippen molar-refractivity contribution in [2.45, 2.75) is 31.8 Å². The first-order valence-electron chi connectivity index (χ1n) is 9.25. The molecule has 2 aliphatic heterocycles. The Morgan fingerprint density at radius 3 is 3.04 bits per heavy atom. The van der Waals surface area contributed by atoms with Gasteiger partial charge in [-0.25, -0.2) is 9.97 Å². The van der Waals surface area contributed by atoms with Gasteiger partial charge in [-0.2, -0.15) is 0 Å². The second kappa shape index (κ2) is 7.15. The zero-order valence-corrected chi connectivity index (χ0v) is 14.7. The number of rotatable bonds is 5. The lowest BCUT2D eigenvalue weighted by Crippen LogP contribution is -2.53. The highest BCUT2D eigenvalue weighted by Gasteiger charge is 2.42. The molecule has 3 atom stereocenters. The van der Waals surface area contributed by atoms with Crippen molar-refractivity contribution >= 4 is 11.7 Å². The Kier molecular flexibility index (Phi) is 4.74. The molecule has 4 rings (SSSR count). The zero-order chi connectivity index (χ0) is 17.2. The van der Waals surface area contributed by atoms with Gasteiger partial charge >= 0.3 is 0 Å². The average molecular weight is 346 g/mol. The van der Waals surface area contributed by atoms with Crippen LogP contribution in [0.5, 0.6) is 5.88 Å². The van der Waals surface area contributed by atoms with E-state index in [1.54, 1.807) is 7.11 Å². The topological polar surface area (TPSA) is 76.6 Å². The van der Waals surface area contributed by atoms with Crippen LogP contribution in [0.3, 0.4) is 0 Å². The molecule has 136 valence electrons. The average Bonchev–Trinajstić information content (AvgIpc) is 3.49. The number of nitrogens with one attached hydrogen (secondary N) is 1. The number of carbonyl (C=O) groups is 1. The molecule has 1 aromatic heterocycles. The van der Waals surface area contributed by atoms with Crippen molar-refractivity contribution in [3.05, 3.63) is 12.4 Å². The maximum atomic E-state index is 12.7. The van der Waals surface area contributed by atoms with Crippen molar-refractivity contribution < 1.29 is 14.3 Å². The minimum absolute atomic E-state index is 0.0315. The summed E-state index contributed by atoms with van der Waals surface area (Å²) >= 11 is 0. The van der Waals surface area contributed by atoms with Crippen molar-refractivity contribution in [3.8, 4) is 5.88 Å². The van der Waals surface area contributed by atoms with Gasteiger partial charge in [-0.15, -0.1) is 0 Å². The van der Waals surface area contributed by atoms with Gasteiger partial charge in [-0.3, -0.25) is 4.79 Å². The second-order valence-electron chi connectivity index (χ2n) is 7.31. The van der Waals surface area contributed by atoms with Gasteiger partial charge in [0.1, 0.15) is 12.1 Å². The standard InChI is InChI=1S/C18H26N4O3/c1-24-17-8-16(20-11-21-17)22-6-4-15-14(10-22)13(5-7-25-15)18(23)19-9-12-2-3-12/h8,11-15H,2-7,9-10H2,1H3,(H,19,23)/t13-,14+,15-/m0/s1. The van der Waals surface area contributed by atoms with Crippen LogP contribution in [0, 0.1) is 17.8 Å². The molecule has 0 aromatic carbocycles. The Hall–Kier alpha value is -1.89. The van der Waals surface area contributed by atoms with E-state index in [0.717, 1.165) is 38.3 Å². The first-order chi connectivity index (χ1) is 12.2. The number of aromatic nitrogens is 2. The van der Waals surface area contributed by atoms with Gasteiger partial charge in [0.25, 0.3) is 0 Å². The molecule has 1 aliphatic carbocycles. The van der Waals surface area contributed by atoms with Gasteiger partial charge in [0.2, 0.25) is 11.8 Å². The van der Waals surface area contributed by atoms with Crippen LogP contribution in [-0.4, -0.2) is 55.3 Å². The van der Waals surface area contributed by atoms with E-state index in [0.29, 0.717) is 18.4 Å². The van der Waals surface area contributed by atoms with Crippen molar-refractivity contribution in [3.63, 3.8) is 0 Å². The van der Waals surface area contributed by atoms with Crippen LogP contribution in [0.15, 0.2) is 12.4 Å². The molecule has 0 radical (unpaired) electrons. The molecular weight excluding hydrogens is 320 g/mol. The lowest BCUT2D eigenvalue weighted by molar-refractivity contribution is -0.137. The van der Waals surface area contributed by atoms with E-state index < -0.39 is 0 Å². The first-order valence-corrected chi connectivity index (χ1v) is 9.25. The fourth-order valence-electron chi connectivity index (χ4n) is 3.96. The SMILES string of the molecule is COc1cc(N2CC[C@@H]3OCC[C@H](C(=O)NCC4CC4)[C@H]3C2)ncn1. The quantitative estimate of drug-likeness (QED) is 0.864. The molecule has 1 amide bonds. The molecule has 1 aromatic rings. The first kappa shape index (κ1) is 16.6. The van der Waals surface area contributed by atoms with Crippen LogP contribution in [-0.2, 0) is 9.53 Å². The molecule has 1 N–H and O–H groups in total. The second-order valence-corrected chi connectivity index (χ2v) is 7.31. The Labute approximate surface area is 148 Å². The molecule has 3 heterocycles. The number of piperidine rings is 1. The maximum Gasteiger partial charge on any atom is 0.223 e. The van der Waals surface area contributed by atoms with Crippen molar-refractivity contribution in [1.29, 1.82) is 0 Å². The van der Waals surface area contributed by atoms with Crippen molar-refractivity contribution in [1.82, 2.24) is 15.3 Å². The van der Waals surface area contributed by atoms with Crippen LogP contribution >= 0.6 is 0 Å². The third-order valence-electron chi connectivity index (χ3n) is 5.63. The van der Waals surface area contributed by atoms with E-state index in [1.807, 2.05) is 6.07 Å². The van der Waals surface area contributed by atoms with Gasteiger partial charge < -0.3 is 19.7 Å². The highest BCUT2D eigenvalue weighted by molar-refractivity contribution is 5.79. The Morgan fingerprint density at radius 2 is 2.24 bits per heavy atom. The summed E-state index contributed by atoms with van der Waals surface area (Å²) in [5, 5.41) is 3.16. The summed E-state index contributed by atoms with van der Waals surface area (Å²) < 4.78 is 11.2. The largest absolute Gasteiger partial charge is 0.481 e. The van der Waals surface area contributed by atoms with E-state index >= 15 is 0 Å². The minimum atomic E-state index is 0.0315. The highest BCUT2D eigenvalue weighted by Crippen LogP contribution is 2.35. The monoisotopic (exact) mass is 346 g/mol. The number of fused-ring (bicyclic) bond motifs is 1. The van der Waals surface area contributed by atoms with Gasteiger partial charge in [0, 0.05) is 44.1 Å². The summed E-state index contributed by atoms with van der Waals surface area (Å²) in [5.74, 6) is 2.56. The predicted octanol–water partition coefficient (Wildman–Crippen LogP) is 1.24. The van der Waals surface area contributed by atoms with Crippen LogP contribution in [0.1, 0.15) is 25.7 Å². The molecule has 2 saturated heterocycles. The van der Waals surface area contributed by atoms with Crippen LogP contribution in [0.25, 0.3) is 0 Å². The van der Waals surface area contributed by atoms with E-state index in [-0.39, 0.29) is 23.8 Å². The minimum Gasteiger partial charge on any atom is -0.481 e. The molecule has 7 nitrogen and oxygen atoms in total. The summed E-state index contributed by atoms with van der Waals surface area (Å²) in [7, 11) is 1.60. The van der Waals surface area contributed by atoms with Gasteiger partial charge in [0.05, 0.1) is 13.2 Å². The summed E-state index contributed by atoms with van der Waals surface area (Å²) in [6.45, 7) is 3.18. The van der Waals surface area contributed by atoms with Crippen molar-refractivity contribution in [2.75, 3.05) is 38.3 Å². The molecule has 7 heteroatoms. The van der Waals surface area contributed by atoms with Gasteiger partial charge in [-0.05, 0) is 31.6 Å². The molecule has 0 bridgehead atoms. The molecule has 3 aliphatic rings. The number of methoxy groups -OCH3 is 1. The van der Waals surface area contributed by atoms with Crippen LogP contribution in [0.4, 0.5) is 5.82 Å². The molecule has 3 fully saturated rings. The summed E-state index contributed by atoms with van der Waals surface area (Å²) in [6, 6.07) is 1.85. The predicted molar refractivity (Wildman–Crippen MR) is 92.5 cm³/mol. The van der Waals surface area contributed by atoms with Crippen LogP contribution in [0.2, 0.25) is 0 Å². The van der Waals surface area contributed by atoms with E-state index in [2.05, 4.69) is 20.2 Å². The Balaban J connectivity index is 1.45. The van der Waals surface area contributed by atoms with Gasteiger partial charge in [-0.1, -0.05) is 0 Å². The third-order valence-corrected chi connectivity index (χ3v) is 5.63. The molecule has 25 heavy (non-hydrogen) atoms. The highest BCUT2D eigenvalue weighted by atomic mass is 16.5. The molecule has 0 spiro atoms. The molecule has 0 unspecified atom stereocenters. The number of carbonyl (C=O) groups excluding carboxylic acids is 1. The number of hydrogen-bond acceptors (Lipinski definition) is 6. The van der Waals surface area contributed by atoms with E-state index in [4.69, 9.17) is 9.47 Å². The Morgan fingerprint density at radius 1 is 1.36 bits per heavy atom.